The minimum absolute atomic E-state index is 0.0657. The van der Waals surface area contributed by atoms with Gasteiger partial charge < -0.3 is 9.88 Å². The third kappa shape index (κ3) is 3.64. The van der Waals surface area contributed by atoms with Crippen LogP contribution in [0.3, 0.4) is 0 Å². The molecule has 1 aromatic rings. The fourth-order valence-electron chi connectivity index (χ4n) is 2.57. The van der Waals surface area contributed by atoms with Crippen molar-refractivity contribution in [1.82, 2.24) is 14.2 Å². The summed E-state index contributed by atoms with van der Waals surface area (Å²) in [5.74, 6) is 1.75. The summed E-state index contributed by atoms with van der Waals surface area (Å²) in [6.07, 6.45) is 1.77. The van der Waals surface area contributed by atoms with Crippen LogP contribution in [0.15, 0.2) is 17.2 Å². The Kier molecular flexibility index (Phi) is 5.76. The first-order valence-corrected chi connectivity index (χ1v) is 10.1. The Morgan fingerprint density at radius 3 is 2.81 bits per heavy atom. The zero-order chi connectivity index (χ0) is 15.5. The zero-order valence-corrected chi connectivity index (χ0v) is 14.6. The second-order valence-electron chi connectivity index (χ2n) is 5.27. The van der Waals surface area contributed by atoms with Crippen molar-refractivity contribution in [2.24, 2.45) is 0 Å². The third-order valence-corrected chi connectivity index (χ3v) is 6.94. The summed E-state index contributed by atoms with van der Waals surface area (Å²) in [4.78, 5) is 0.427. The highest BCUT2D eigenvalue weighted by Gasteiger charge is 2.32. The number of nitrogens with zero attached hydrogens (tertiary/aromatic N) is 2. The summed E-state index contributed by atoms with van der Waals surface area (Å²) < 4.78 is 29.3. The molecule has 1 saturated heterocycles. The van der Waals surface area contributed by atoms with Crippen molar-refractivity contribution in [3.63, 3.8) is 0 Å². The van der Waals surface area contributed by atoms with Gasteiger partial charge in [-0.1, -0.05) is 6.92 Å². The molecule has 0 bridgehead atoms. The first-order chi connectivity index (χ1) is 10.0. The number of nitrogens with one attached hydrogen (secondary N) is 1. The summed E-state index contributed by atoms with van der Waals surface area (Å²) >= 11 is 1.82. The number of hydrogen-bond acceptors (Lipinski definition) is 4. The summed E-state index contributed by atoms with van der Waals surface area (Å²) in [6.45, 7) is 9.02. The van der Waals surface area contributed by atoms with E-state index >= 15 is 0 Å². The van der Waals surface area contributed by atoms with Crippen molar-refractivity contribution < 1.29 is 8.42 Å². The minimum atomic E-state index is -3.38. The molecule has 1 fully saturated rings. The van der Waals surface area contributed by atoms with Crippen LogP contribution in [0.2, 0.25) is 0 Å². The van der Waals surface area contributed by atoms with Gasteiger partial charge in [-0.3, -0.25) is 0 Å². The maximum absolute atomic E-state index is 12.8. The van der Waals surface area contributed by atoms with E-state index in [1.54, 1.807) is 10.5 Å². The Hall–Kier alpha value is -0.500. The standard InChI is InChI=1S/C14H25N3O2S2/c1-4-15-9-13-8-14(10-16(13)5-2)21(18,19)17-6-7-20-11-12(17)3/h8,10,12,15H,4-7,9,11H2,1-3H3. The second-order valence-corrected chi connectivity index (χ2v) is 8.31. The first kappa shape index (κ1) is 16.9. The molecule has 2 rings (SSSR count). The van der Waals surface area contributed by atoms with Crippen molar-refractivity contribution >= 4 is 21.8 Å². The van der Waals surface area contributed by atoms with Crippen LogP contribution < -0.4 is 5.32 Å². The zero-order valence-electron chi connectivity index (χ0n) is 13.0. The van der Waals surface area contributed by atoms with Crippen molar-refractivity contribution in [2.75, 3.05) is 24.6 Å². The van der Waals surface area contributed by atoms with E-state index in [0.717, 1.165) is 30.3 Å². The number of hydrogen-bond donors (Lipinski definition) is 1. The van der Waals surface area contributed by atoms with Crippen LogP contribution in [0.5, 0.6) is 0 Å². The molecule has 1 aliphatic heterocycles. The van der Waals surface area contributed by atoms with Gasteiger partial charge in [-0.25, -0.2) is 8.42 Å². The van der Waals surface area contributed by atoms with E-state index in [0.29, 0.717) is 18.0 Å². The molecule has 120 valence electrons. The van der Waals surface area contributed by atoms with Gasteiger partial charge in [0.25, 0.3) is 0 Å². The lowest BCUT2D eigenvalue weighted by Crippen LogP contribution is -2.44. The van der Waals surface area contributed by atoms with Gasteiger partial charge in [0.1, 0.15) is 4.90 Å². The molecule has 0 radical (unpaired) electrons. The highest BCUT2D eigenvalue weighted by molar-refractivity contribution is 7.99. The number of sulfonamides is 1. The molecule has 1 aliphatic rings. The molecule has 1 aromatic heterocycles. The van der Waals surface area contributed by atoms with Crippen LogP contribution in [-0.2, 0) is 23.1 Å². The topological polar surface area (TPSA) is 54.3 Å². The number of aryl methyl sites for hydroxylation is 1. The highest BCUT2D eigenvalue weighted by atomic mass is 32.2. The average molecular weight is 332 g/mol. The molecule has 0 spiro atoms. The Labute approximate surface area is 132 Å². The third-order valence-electron chi connectivity index (χ3n) is 3.77. The average Bonchev–Trinajstić information content (AvgIpc) is 2.89. The summed E-state index contributed by atoms with van der Waals surface area (Å²) in [5, 5.41) is 3.26. The van der Waals surface area contributed by atoms with Crippen LogP contribution >= 0.6 is 11.8 Å². The van der Waals surface area contributed by atoms with E-state index in [1.807, 2.05) is 43.2 Å². The lowest BCUT2D eigenvalue weighted by atomic mass is 10.4. The summed E-state index contributed by atoms with van der Waals surface area (Å²) in [6, 6.07) is 1.88. The molecule has 1 N–H and O–H groups in total. The fourth-order valence-corrected chi connectivity index (χ4v) is 5.49. The van der Waals surface area contributed by atoms with Gasteiger partial charge in [-0.2, -0.15) is 16.1 Å². The van der Waals surface area contributed by atoms with Crippen molar-refractivity contribution in [3.05, 3.63) is 18.0 Å². The largest absolute Gasteiger partial charge is 0.349 e. The van der Waals surface area contributed by atoms with E-state index in [4.69, 9.17) is 0 Å². The SMILES string of the molecule is CCNCc1cc(S(=O)(=O)N2CCSCC2C)cn1CC. The van der Waals surface area contributed by atoms with Crippen LogP contribution in [0.1, 0.15) is 26.5 Å². The molecule has 0 amide bonds. The Morgan fingerprint density at radius 2 is 2.19 bits per heavy atom. The molecular weight excluding hydrogens is 306 g/mol. The minimum Gasteiger partial charge on any atom is -0.349 e. The van der Waals surface area contributed by atoms with Gasteiger partial charge in [-0.05, 0) is 26.5 Å². The maximum atomic E-state index is 12.8. The van der Waals surface area contributed by atoms with Crippen molar-refractivity contribution in [3.8, 4) is 0 Å². The first-order valence-electron chi connectivity index (χ1n) is 7.50. The molecule has 2 heterocycles. The van der Waals surface area contributed by atoms with Gasteiger partial charge in [0.05, 0.1) is 0 Å². The number of rotatable bonds is 6. The molecule has 1 unspecified atom stereocenters. The van der Waals surface area contributed by atoms with Crippen LogP contribution in [0.4, 0.5) is 0 Å². The number of aromatic nitrogens is 1. The lowest BCUT2D eigenvalue weighted by Gasteiger charge is -2.31. The van der Waals surface area contributed by atoms with E-state index in [9.17, 15) is 8.42 Å². The van der Waals surface area contributed by atoms with E-state index in [-0.39, 0.29) is 6.04 Å². The Balaban J connectivity index is 2.29. The lowest BCUT2D eigenvalue weighted by molar-refractivity contribution is 0.367. The van der Waals surface area contributed by atoms with Gasteiger partial charge in [-0.15, -0.1) is 0 Å². The van der Waals surface area contributed by atoms with Gasteiger partial charge >= 0.3 is 0 Å². The van der Waals surface area contributed by atoms with Crippen LogP contribution in [0.25, 0.3) is 0 Å². The predicted molar refractivity (Wildman–Crippen MR) is 88.2 cm³/mol. The van der Waals surface area contributed by atoms with Crippen LogP contribution in [0, 0.1) is 0 Å². The second kappa shape index (κ2) is 7.17. The van der Waals surface area contributed by atoms with Gasteiger partial charge in [0, 0.05) is 49.1 Å². The fraction of sp³-hybridized carbons (Fsp3) is 0.714. The van der Waals surface area contributed by atoms with Crippen LogP contribution in [-0.4, -0.2) is 47.9 Å². The maximum Gasteiger partial charge on any atom is 0.244 e. The molecule has 7 heteroatoms. The Bertz CT molecular complexity index is 569. The molecule has 0 aromatic carbocycles. The quantitative estimate of drug-likeness (QED) is 0.863. The van der Waals surface area contributed by atoms with Crippen molar-refractivity contribution in [2.45, 2.75) is 44.8 Å². The molecular formula is C14H25N3O2S2. The Morgan fingerprint density at radius 1 is 1.43 bits per heavy atom. The smallest absolute Gasteiger partial charge is 0.244 e. The summed E-state index contributed by atoms with van der Waals surface area (Å²) in [5.41, 5.74) is 1.02. The molecule has 21 heavy (non-hydrogen) atoms. The van der Waals surface area contributed by atoms with E-state index in [2.05, 4.69) is 5.32 Å². The van der Waals surface area contributed by atoms with Gasteiger partial charge in [0.2, 0.25) is 10.0 Å². The molecule has 1 atom stereocenters. The normalized spacial score (nSPS) is 20.8. The molecule has 0 saturated carbocycles. The monoisotopic (exact) mass is 331 g/mol. The van der Waals surface area contributed by atoms with Gasteiger partial charge in [0.15, 0.2) is 0 Å². The van der Waals surface area contributed by atoms with E-state index in [1.165, 1.54) is 0 Å². The number of thioether (sulfide) groups is 1. The molecule has 0 aliphatic carbocycles. The van der Waals surface area contributed by atoms with Crippen molar-refractivity contribution in [1.29, 1.82) is 0 Å². The highest BCUT2D eigenvalue weighted by Crippen LogP contribution is 2.25. The predicted octanol–water partition coefficient (Wildman–Crippen LogP) is 1.74. The van der Waals surface area contributed by atoms with E-state index < -0.39 is 10.0 Å². The summed E-state index contributed by atoms with van der Waals surface area (Å²) in [7, 11) is -3.38. The molecule has 5 nitrogen and oxygen atoms in total.